The number of nitrogens with zero attached hydrogens (tertiary/aromatic N) is 1. The van der Waals surface area contributed by atoms with Crippen molar-refractivity contribution in [2.45, 2.75) is 57.1 Å². The molecule has 2 aromatic carbocycles. The third-order valence-corrected chi connectivity index (χ3v) is 10.7. The molecule has 0 aromatic heterocycles. The average molecular weight is 426 g/mol. The van der Waals surface area contributed by atoms with Crippen molar-refractivity contribution < 1.29 is 18.8 Å². The molecule has 0 bridgehead atoms. The molecule has 0 unspecified atom stereocenters. The van der Waals surface area contributed by atoms with E-state index in [1.54, 1.807) is 0 Å². The number of ketones is 1. The zero-order valence-electron chi connectivity index (χ0n) is 18.6. The summed E-state index contributed by atoms with van der Waals surface area (Å²) in [6, 6.07) is 19.0. The minimum atomic E-state index is -2.53. The maximum atomic E-state index is 13.6. The zero-order valence-corrected chi connectivity index (χ0v) is 19.6. The first-order chi connectivity index (χ1) is 14.0. The van der Waals surface area contributed by atoms with Crippen LogP contribution in [0.25, 0.3) is 0 Å². The quantitative estimate of drug-likeness (QED) is 0.379. The van der Waals surface area contributed by atoms with Gasteiger partial charge in [-0.1, -0.05) is 69.3 Å². The van der Waals surface area contributed by atoms with E-state index in [1.165, 1.54) is 7.11 Å². The van der Waals surface area contributed by atoms with Gasteiger partial charge < -0.3 is 14.1 Å². The highest BCUT2D eigenvalue weighted by Gasteiger charge is 2.64. The molecule has 1 aliphatic rings. The first kappa shape index (κ1) is 22.2. The van der Waals surface area contributed by atoms with E-state index in [9.17, 15) is 9.59 Å². The summed E-state index contributed by atoms with van der Waals surface area (Å²) >= 11 is 0. The highest BCUT2D eigenvalue weighted by Crippen LogP contribution is 2.49. The van der Waals surface area contributed by atoms with E-state index in [0.29, 0.717) is 0 Å². The molecule has 2 aromatic rings. The van der Waals surface area contributed by atoms with Gasteiger partial charge in [-0.05, 0) is 35.8 Å². The van der Waals surface area contributed by atoms with E-state index in [4.69, 9.17) is 9.16 Å². The molecule has 2 atom stereocenters. The number of para-hydroxylation sites is 1. The van der Waals surface area contributed by atoms with Crippen molar-refractivity contribution in [1.29, 1.82) is 0 Å². The van der Waals surface area contributed by atoms with Crippen LogP contribution in [0.5, 0.6) is 0 Å². The highest BCUT2D eigenvalue weighted by atomic mass is 28.4. The Morgan fingerprint density at radius 2 is 1.57 bits per heavy atom. The molecule has 0 spiro atoms. The first-order valence-electron chi connectivity index (χ1n) is 10.3. The summed E-state index contributed by atoms with van der Waals surface area (Å²) in [4.78, 5) is 28.8. The average Bonchev–Trinajstić information content (AvgIpc) is 3.00. The number of carbonyl (C=O) groups is 2. The van der Waals surface area contributed by atoms with Crippen molar-refractivity contribution in [3.8, 4) is 0 Å². The smallest absolute Gasteiger partial charge is 0.367 e. The van der Waals surface area contributed by atoms with Crippen LogP contribution < -0.4 is 4.90 Å². The SMILES string of the molecule is COC(=O)[C@@]1(O[Si](C)(C)C(C)(C)C)C(=O)C[C@H](c2ccccc2)N1c1ccccc1. The molecule has 1 aliphatic heterocycles. The Labute approximate surface area is 180 Å². The Bertz CT molecular complexity index is 908. The fraction of sp³-hybridized carbons (Fsp3) is 0.417. The molecular weight excluding hydrogens is 394 g/mol. The Hall–Kier alpha value is -2.44. The molecule has 3 rings (SSSR count). The normalized spacial score (nSPS) is 22.3. The predicted octanol–water partition coefficient (Wildman–Crippen LogP) is 5.10. The van der Waals surface area contributed by atoms with Gasteiger partial charge in [-0.3, -0.25) is 4.79 Å². The summed E-state index contributed by atoms with van der Waals surface area (Å²) in [7, 11) is -1.22. The zero-order chi connectivity index (χ0) is 22.2. The van der Waals surface area contributed by atoms with Gasteiger partial charge in [-0.15, -0.1) is 0 Å². The van der Waals surface area contributed by atoms with Crippen molar-refractivity contribution in [2.75, 3.05) is 12.0 Å². The van der Waals surface area contributed by atoms with Crippen molar-refractivity contribution in [2.24, 2.45) is 0 Å². The van der Waals surface area contributed by atoms with Gasteiger partial charge in [-0.25, -0.2) is 4.79 Å². The molecule has 1 fully saturated rings. The lowest BCUT2D eigenvalue weighted by Gasteiger charge is -2.46. The van der Waals surface area contributed by atoms with Gasteiger partial charge in [0.1, 0.15) is 0 Å². The largest absolute Gasteiger partial charge is 0.465 e. The molecule has 0 N–H and O–H groups in total. The monoisotopic (exact) mass is 425 g/mol. The molecule has 1 saturated heterocycles. The number of rotatable bonds is 5. The van der Waals surface area contributed by atoms with E-state index in [-0.39, 0.29) is 23.3 Å². The van der Waals surface area contributed by atoms with E-state index >= 15 is 0 Å². The van der Waals surface area contributed by atoms with Crippen LogP contribution in [0.3, 0.4) is 0 Å². The number of ether oxygens (including phenoxy) is 1. The molecule has 0 saturated carbocycles. The molecule has 160 valence electrons. The molecule has 30 heavy (non-hydrogen) atoms. The van der Waals surface area contributed by atoms with Gasteiger partial charge in [-0.2, -0.15) is 0 Å². The fourth-order valence-corrected chi connectivity index (χ4v) is 5.01. The van der Waals surface area contributed by atoms with Gasteiger partial charge in [0.2, 0.25) is 0 Å². The number of hydrogen-bond acceptors (Lipinski definition) is 5. The van der Waals surface area contributed by atoms with Crippen molar-refractivity contribution in [3.63, 3.8) is 0 Å². The lowest BCUT2D eigenvalue weighted by Crippen LogP contribution is -2.64. The molecule has 1 heterocycles. The minimum Gasteiger partial charge on any atom is -0.465 e. The van der Waals surface area contributed by atoms with Crippen LogP contribution in [0, 0.1) is 0 Å². The molecule has 6 heteroatoms. The summed E-state index contributed by atoms with van der Waals surface area (Å²) in [6.07, 6.45) is 0.169. The summed E-state index contributed by atoms with van der Waals surface area (Å²) in [5.74, 6) is -0.934. The van der Waals surface area contributed by atoms with Crippen molar-refractivity contribution in [1.82, 2.24) is 0 Å². The third-order valence-electron chi connectivity index (χ3n) is 6.30. The van der Waals surface area contributed by atoms with E-state index in [2.05, 4.69) is 20.8 Å². The van der Waals surface area contributed by atoms with Crippen LogP contribution in [0.4, 0.5) is 5.69 Å². The van der Waals surface area contributed by atoms with Crippen LogP contribution in [0.15, 0.2) is 60.7 Å². The van der Waals surface area contributed by atoms with Gasteiger partial charge >= 0.3 is 5.97 Å². The second kappa shape index (κ2) is 8.00. The Balaban J connectivity index is 2.24. The fourth-order valence-electron chi connectivity index (χ4n) is 3.67. The van der Waals surface area contributed by atoms with Crippen LogP contribution in [-0.4, -0.2) is 32.9 Å². The standard InChI is InChI=1S/C24H31NO4Si/c1-23(2,3)30(5,6)29-24(22(27)28-4)21(26)17-20(18-13-9-7-10-14-18)25(24)19-15-11-8-12-16-19/h7-16,20H,17H2,1-6H3/t20-,24+/m1/s1. The molecule has 0 amide bonds. The second-order valence-electron chi connectivity index (χ2n) is 9.26. The summed E-state index contributed by atoms with van der Waals surface area (Å²) in [5, 5.41) is -0.193. The van der Waals surface area contributed by atoms with Crippen molar-refractivity contribution >= 4 is 25.8 Å². The topological polar surface area (TPSA) is 55.8 Å². The van der Waals surface area contributed by atoms with Gasteiger partial charge in [0.15, 0.2) is 14.1 Å². The van der Waals surface area contributed by atoms with Gasteiger partial charge in [0, 0.05) is 12.1 Å². The Morgan fingerprint density at radius 3 is 2.07 bits per heavy atom. The number of carbonyl (C=O) groups excluding carboxylic acids is 2. The van der Waals surface area contributed by atoms with E-state index in [1.807, 2.05) is 78.7 Å². The molecular formula is C24H31NO4Si. The third kappa shape index (κ3) is 3.70. The Morgan fingerprint density at radius 1 is 1.03 bits per heavy atom. The van der Waals surface area contributed by atoms with Gasteiger partial charge in [0.25, 0.3) is 5.72 Å². The van der Waals surface area contributed by atoms with Crippen molar-refractivity contribution in [3.05, 3.63) is 66.2 Å². The number of anilines is 1. The number of esters is 1. The predicted molar refractivity (Wildman–Crippen MR) is 121 cm³/mol. The van der Waals surface area contributed by atoms with E-state index in [0.717, 1.165) is 11.3 Å². The first-order valence-corrected chi connectivity index (χ1v) is 13.2. The maximum Gasteiger partial charge on any atom is 0.367 e. The minimum absolute atomic E-state index is 0.169. The Kier molecular flexibility index (Phi) is 5.93. The number of Topliss-reactive ketones (excluding diaryl/α,β-unsaturated/α-hetero) is 1. The number of benzene rings is 2. The van der Waals surface area contributed by atoms with E-state index < -0.39 is 20.0 Å². The van der Waals surface area contributed by atoms with Crippen LogP contribution in [0.1, 0.15) is 38.8 Å². The lowest BCUT2D eigenvalue weighted by molar-refractivity contribution is -0.163. The second-order valence-corrected chi connectivity index (χ2v) is 14.0. The number of methoxy groups -OCH3 is 1. The molecule has 0 radical (unpaired) electrons. The highest BCUT2D eigenvalue weighted by molar-refractivity contribution is 6.74. The maximum absolute atomic E-state index is 13.6. The molecule has 0 aliphatic carbocycles. The lowest BCUT2D eigenvalue weighted by atomic mass is 10.0. The summed E-state index contributed by atoms with van der Waals surface area (Å²) < 4.78 is 11.9. The summed E-state index contributed by atoms with van der Waals surface area (Å²) in [6.45, 7) is 10.4. The van der Waals surface area contributed by atoms with Crippen LogP contribution in [-0.2, 0) is 18.8 Å². The van der Waals surface area contributed by atoms with Crippen LogP contribution >= 0.6 is 0 Å². The van der Waals surface area contributed by atoms with Gasteiger partial charge in [0.05, 0.1) is 13.2 Å². The summed E-state index contributed by atoms with van der Waals surface area (Å²) in [5.41, 5.74) is -0.0970. The number of hydrogen-bond donors (Lipinski definition) is 0. The molecule has 5 nitrogen and oxygen atoms in total. The van der Waals surface area contributed by atoms with Crippen LogP contribution in [0.2, 0.25) is 18.1 Å².